The number of hydrogen-bond donors (Lipinski definition) is 1. The topological polar surface area (TPSA) is 64.7 Å². The molecule has 2 aromatic heterocycles. The van der Waals surface area contributed by atoms with Crippen LogP contribution in [0, 0.1) is 20.8 Å². The van der Waals surface area contributed by atoms with Crippen LogP contribution in [0.15, 0.2) is 66.7 Å². The fraction of sp³-hybridized carbons (Fsp3) is 0.208. The number of hydrogen-bond acceptors (Lipinski definition) is 3. The first-order chi connectivity index (χ1) is 14.5. The van der Waals surface area contributed by atoms with Crippen molar-refractivity contribution in [2.24, 2.45) is 0 Å². The number of nitrogens with zero attached hydrogens (tertiary/aromatic N) is 4. The summed E-state index contributed by atoms with van der Waals surface area (Å²) in [7, 11) is 0. The molecule has 0 saturated heterocycles. The molecule has 30 heavy (non-hydrogen) atoms. The third-order valence-electron chi connectivity index (χ3n) is 5.02. The van der Waals surface area contributed by atoms with E-state index < -0.39 is 0 Å². The molecular weight excluding hydrogens is 374 g/mol. The van der Waals surface area contributed by atoms with Crippen molar-refractivity contribution < 1.29 is 4.79 Å². The Morgan fingerprint density at radius 3 is 2.20 bits per heavy atom. The molecule has 0 saturated carbocycles. The number of carbonyl (C=O) groups excluding carboxylic acids is 1. The summed E-state index contributed by atoms with van der Waals surface area (Å²) in [6.07, 6.45) is 0. The first kappa shape index (κ1) is 19.6. The van der Waals surface area contributed by atoms with Gasteiger partial charge in [0.2, 0.25) is 0 Å². The summed E-state index contributed by atoms with van der Waals surface area (Å²) in [6, 6.07) is 21.7. The lowest BCUT2D eigenvalue weighted by Gasteiger charge is -2.07. The van der Waals surface area contributed by atoms with Crippen LogP contribution < -0.4 is 5.32 Å². The smallest absolute Gasteiger partial charge is 0.256 e. The molecular formula is C24H25N5O. The molecule has 0 atom stereocenters. The molecule has 6 heteroatoms. The third kappa shape index (κ3) is 4.49. The number of nitrogens with one attached hydrogen (secondary N) is 1. The van der Waals surface area contributed by atoms with E-state index in [1.807, 2.05) is 84.7 Å². The van der Waals surface area contributed by atoms with Crippen molar-refractivity contribution in [1.29, 1.82) is 0 Å². The zero-order valence-electron chi connectivity index (χ0n) is 17.5. The molecule has 152 valence electrons. The van der Waals surface area contributed by atoms with E-state index in [0.717, 1.165) is 22.6 Å². The van der Waals surface area contributed by atoms with E-state index >= 15 is 0 Å². The number of benzene rings is 2. The van der Waals surface area contributed by atoms with Crippen LogP contribution in [0.3, 0.4) is 0 Å². The lowest BCUT2D eigenvalue weighted by molar-refractivity contribution is 0.102. The maximum atomic E-state index is 12.8. The minimum absolute atomic E-state index is 0.172. The highest BCUT2D eigenvalue weighted by atomic mass is 16.1. The molecule has 4 rings (SSSR count). The van der Waals surface area contributed by atoms with Crippen LogP contribution in [0.1, 0.15) is 38.6 Å². The summed E-state index contributed by atoms with van der Waals surface area (Å²) in [6.45, 7) is 7.30. The van der Waals surface area contributed by atoms with E-state index in [4.69, 9.17) is 0 Å². The Kier molecular flexibility index (Phi) is 5.48. The van der Waals surface area contributed by atoms with Gasteiger partial charge >= 0.3 is 0 Å². The van der Waals surface area contributed by atoms with Gasteiger partial charge in [-0.05, 0) is 50.1 Å². The Hall–Kier alpha value is -3.67. The highest BCUT2D eigenvalue weighted by Crippen LogP contribution is 2.14. The Morgan fingerprint density at radius 1 is 0.800 bits per heavy atom. The molecule has 6 nitrogen and oxygen atoms in total. The van der Waals surface area contributed by atoms with Crippen LogP contribution in [0.2, 0.25) is 0 Å². The Morgan fingerprint density at radius 2 is 1.47 bits per heavy atom. The Labute approximate surface area is 176 Å². The minimum atomic E-state index is -0.172. The second-order valence-corrected chi connectivity index (χ2v) is 7.55. The van der Waals surface area contributed by atoms with Crippen LogP contribution in [0.4, 0.5) is 5.82 Å². The summed E-state index contributed by atoms with van der Waals surface area (Å²) in [5, 5.41) is 12.0. The van der Waals surface area contributed by atoms with Crippen LogP contribution in [-0.4, -0.2) is 25.5 Å². The maximum absolute atomic E-state index is 12.8. The van der Waals surface area contributed by atoms with Gasteiger partial charge in [0, 0.05) is 23.0 Å². The molecule has 2 heterocycles. The molecule has 0 spiro atoms. The summed E-state index contributed by atoms with van der Waals surface area (Å²) in [4.78, 5) is 12.8. The van der Waals surface area contributed by atoms with E-state index in [-0.39, 0.29) is 5.91 Å². The normalized spacial score (nSPS) is 10.9. The third-order valence-corrected chi connectivity index (χ3v) is 5.02. The van der Waals surface area contributed by atoms with Crippen molar-refractivity contribution in [1.82, 2.24) is 19.6 Å². The largest absolute Gasteiger partial charge is 0.305 e. The van der Waals surface area contributed by atoms with Crippen LogP contribution >= 0.6 is 0 Å². The van der Waals surface area contributed by atoms with Crippen molar-refractivity contribution in [3.63, 3.8) is 0 Å². The lowest BCUT2D eigenvalue weighted by atomic mass is 10.1. The van der Waals surface area contributed by atoms with Crippen LogP contribution in [0.5, 0.6) is 0 Å². The summed E-state index contributed by atoms with van der Waals surface area (Å²) < 4.78 is 3.84. The zero-order chi connectivity index (χ0) is 21.1. The molecule has 0 fully saturated rings. The molecule has 0 aliphatic rings. The van der Waals surface area contributed by atoms with Crippen molar-refractivity contribution in [3.8, 4) is 0 Å². The van der Waals surface area contributed by atoms with Crippen molar-refractivity contribution in [2.75, 3.05) is 5.32 Å². The molecule has 0 unspecified atom stereocenters. The highest BCUT2D eigenvalue weighted by Gasteiger charge is 2.12. The number of rotatable bonds is 6. The molecule has 0 aliphatic heterocycles. The van der Waals surface area contributed by atoms with Crippen LogP contribution in [-0.2, 0) is 13.1 Å². The summed E-state index contributed by atoms with van der Waals surface area (Å²) in [5.74, 6) is 0.381. The average molecular weight is 399 g/mol. The molecule has 0 aliphatic carbocycles. The van der Waals surface area contributed by atoms with E-state index in [1.54, 1.807) is 0 Å². The standard InChI is InChI=1S/C24H25N5O/c1-17-12-18(2)28(26-17)16-21-10-7-11-22(14-21)24(30)25-23-13-19(3)29(27-23)15-20-8-5-4-6-9-20/h4-14H,15-16H2,1-3H3,(H,25,27,30). The lowest BCUT2D eigenvalue weighted by Crippen LogP contribution is -2.14. The molecule has 1 amide bonds. The van der Waals surface area contributed by atoms with Gasteiger partial charge in [0.15, 0.2) is 5.82 Å². The number of carbonyl (C=O) groups is 1. The van der Waals surface area contributed by atoms with Crippen molar-refractivity contribution in [3.05, 3.63) is 101 Å². The fourth-order valence-corrected chi connectivity index (χ4v) is 3.50. The van der Waals surface area contributed by atoms with Gasteiger partial charge in [-0.15, -0.1) is 0 Å². The first-order valence-electron chi connectivity index (χ1n) is 9.97. The Balaban J connectivity index is 1.46. The number of aryl methyl sites for hydroxylation is 3. The monoisotopic (exact) mass is 399 g/mol. The molecule has 2 aromatic carbocycles. The summed E-state index contributed by atoms with van der Waals surface area (Å²) in [5.41, 5.74) is 5.87. The summed E-state index contributed by atoms with van der Waals surface area (Å²) >= 11 is 0. The van der Waals surface area contributed by atoms with Gasteiger partial charge in [-0.2, -0.15) is 10.2 Å². The second-order valence-electron chi connectivity index (χ2n) is 7.55. The molecule has 1 N–H and O–H groups in total. The van der Waals surface area contributed by atoms with Gasteiger partial charge in [0.05, 0.1) is 18.8 Å². The second kappa shape index (κ2) is 8.37. The number of anilines is 1. The van der Waals surface area contributed by atoms with Crippen molar-refractivity contribution >= 4 is 11.7 Å². The van der Waals surface area contributed by atoms with Gasteiger partial charge in [0.1, 0.15) is 0 Å². The predicted octanol–water partition coefficient (Wildman–Crippen LogP) is 4.35. The maximum Gasteiger partial charge on any atom is 0.256 e. The van der Waals surface area contributed by atoms with Crippen LogP contribution in [0.25, 0.3) is 0 Å². The van der Waals surface area contributed by atoms with Gasteiger partial charge < -0.3 is 5.32 Å². The van der Waals surface area contributed by atoms with Gasteiger partial charge in [0.25, 0.3) is 5.91 Å². The molecule has 0 bridgehead atoms. The van der Waals surface area contributed by atoms with E-state index in [1.165, 1.54) is 5.56 Å². The first-order valence-corrected chi connectivity index (χ1v) is 9.97. The Bertz CT molecular complexity index is 1170. The van der Waals surface area contributed by atoms with Gasteiger partial charge in [-0.25, -0.2) is 0 Å². The number of aromatic nitrogens is 4. The number of amides is 1. The quantitative estimate of drug-likeness (QED) is 0.524. The molecule has 4 aromatic rings. The van der Waals surface area contributed by atoms with Crippen molar-refractivity contribution in [2.45, 2.75) is 33.9 Å². The van der Waals surface area contributed by atoms with E-state index in [0.29, 0.717) is 24.5 Å². The van der Waals surface area contributed by atoms with Gasteiger partial charge in [-0.3, -0.25) is 14.2 Å². The SMILES string of the molecule is Cc1cc(C)n(Cc2cccc(C(=O)Nc3cc(C)n(Cc4ccccc4)n3)c2)n1. The average Bonchev–Trinajstić information content (AvgIpc) is 3.23. The predicted molar refractivity (Wildman–Crippen MR) is 118 cm³/mol. The molecule has 0 radical (unpaired) electrons. The van der Waals surface area contributed by atoms with E-state index in [9.17, 15) is 4.79 Å². The minimum Gasteiger partial charge on any atom is -0.305 e. The van der Waals surface area contributed by atoms with E-state index in [2.05, 4.69) is 27.6 Å². The zero-order valence-corrected chi connectivity index (χ0v) is 17.5. The fourth-order valence-electron chi connectivity index (χ4n) is 3.50. The van der Waals surface area contributed by atoms with Gasteiger partial charge in [-0.1, -0.05) is 42.5 Å². The highest BCUT2D eigenvalue weighted by molar-refractivity contribution is 6.03.